The summed E-state index contributed by atoms with van der Waals surface area (Å²) >= 11 is 0. The summed E-state index contributed by atoms with van der Waals surface area (Å²) in [6.07, 6.45) is 47.8. The zero-order chi connectivity index (χ0) is 91.7. The minimum atomic E-state index is -5.11. The summed E-state index contributed by atoms with van der Waals surface area (Å²) in [5.41, 5.74) is 3.74. The number of alkyl halides is 9. The van der Waals surface area contributed by atoms with Crippen molar-refractivity contribution in [2.45, 2.75) is 375 Å². The van der Waals surface area contributed by atoms with Gasteiger partial charge in [-0.15, -0.1) is 39.5 Å². The van der Waals surface area contributed by atoms with E-state index in [9.17, 15) is 74.6 Å². The van der Waals surface area contributed by atoms with E-state index in [0.717, 1.165) is 205 Å². The van der Waals surface area contributed by atoms with Crippen molar-refractivity contribution in [2.75, 3.05) is 0 Å². The van der Waals surface area contributed by atoms with Crippen molar-refractivity contribution in [3.05, 3.63) is 159 Å². The maximum Gasteiger partial charge on any atom is 0.573 e. The van der Waals surface area contributed by atoms with E-state index in [0.29, 0.717) is 48.1 Å². The van der Waals surface area contributed by atoms with Crippen LogP contribution in [-0.2, 0) is 32.1 Å². The molecule has 10 saturated carbocycles. The molecule has 0 aromatic heterocycles. The third kappa shape index (κ3) is 34.7. The molecule has 0 unspecified atom stereocenters. The largest absolute Gasteiger partial charge is 0.573 e. The van der Waals surface area contributed by atoms with Gasteiger partial charge in [0.05, 0.1) is 0 Å². The molecule has 0 atom stereocenters. The molecule has 5 aromatic rings. The van der Waals surface area contributed by atoms with Crippen LogP contribution in [-0.4, -0.2) is 19.1 Å². The number of hydrogen-bond donors (Lipinski definition) is 0. The zero-order valence-corrected chi connectivity index (χ0v) is 77.1. The third-order valence-electron chi connectivity index (χ3n) is 33.0. The van der Waals surface area contributed by atoms with Gasteiger partial charge in [-0.2, -0.15) is 0 Å². The second-order valence-corrected chi connectivity index (χ2v) is 42.3. The first kappa shape index (κ1) is 103. The normalized spacial score (nSPS) is 30.3. The molecule has 0 aliphatic heterocycles. The van der Waals surface area contributed by atoms with Gasteiger partial charge < -0.3 is 14.2 Å². The highest BCUT2D eigenvalue weighted by Crippen LogP contribution is 2.49. The van der Waals surface area contributed by atoms with Crippen molar-refractivity contribution in [3.63, 3.8) is 0 Å². The second-order valence-electron chi connectivity index (χ2n) is 42.3. The Balaban J connectivity index is 0.000000155. The molecule has 20 heteroatoms. The minimum absolute atomic E-state index is 0.136. The molecule has 0 heterocycles. The highest BCUT2D eigenvalue weighted by Gasteiger charge is 2.39. The Kier molecular flexibility index (Phi) is 40.2. The van der Waals surface area contributed by atoms with E-state index < -0.39 is 77.1 Å². The maximum absolute atomic E-state index is 13.8. The summed E-state index contributed by atoms with van der Waals surface area (Å²) < 4.78 is 228. The topological polar surface area (TPSA) is 27.7 Å². The van der Waals surface area contributed by atoms with Gasteiger partial charge in [0, 0.05) is 0 Å². The molecule has 3 nitrogen and oxygen atoms in total. The predicted molar refractivity (Wildman–Crippen MR) is 476 cm³/mol. The van der Waals surface area contributed by atoms with E-state index >= 15 is 0 Å². The molecule has 0 radical (unpaired) electrons. The quantitative estimate of drug-likeness (QED) is 0.0482. The van der Waals surface area contributed by atoms with Gasteiger partial charge in [-0.25, -0.2) is 35.1 Å². The molecule has 0 spiro atoms. The van der Waals surface area contributed by atoms with Gasteiger partial charge >= 0.3 is 19.1 Å². The molecule has 5 aromatic carbocycles. The lowest BCUT2D eigenvalue weighted by molar-refractivity contribution is -0.277. The fraction of sp³-hybridized carbons (Fsp3) is 0.722. The molecule has 10 fully saturated rings. The van der Waals surface area contributed by atoms with Crippen LogP contribution in [0, 0.1) is 165 Å². The van der Waals surface area contributed by atoms with Crippen LogP contribution in [0.25, 0.3) is 0 Å². The van der Waals surface area contributed by atoms with Crippen LogP contribution in [0.2, 0.25) is 0 Å². The van der Waals surface area contributed by atoms with E-state index in [1.165, 1.54) is 274 Å². The van der Waals surface area contributed by atoms with Gasteiger partial charge in [0.1, 0.15) is 5.75 Å². The summed E-state index contributed by atoms with van der Waals surface area (Å²) in [7, 11) is 0. The highest BCUT2D eigenvalue weighted by atomic mass is 19.4. The lowest BCUT2D eigenvalue weighted by atomic mass is 9.69. The Morgan fingerprint density at radius 2 is 0.445 bits per heavy atom. The summed E-state index contributed by atoms with van der Waals surface area (Å²) in [4.78, 5) is 0. The van der Waals surface area contributed by atoms with E-state index in [1.54, 1.807) is 24.3 Å². The first-order chi connectivity index (χ1) is 61.0. The van der Waals surface area contributed by atoms with E-state index in [4.69, 9.17) is 0 Å². The van der Waals surface area contributed by atoms with Crippen LogP contribution >= 0.6 is 0 Å². The summed E-state index contributed by atoms with van der Waals surface area (Å²) in [5, 5.41) is 0. The lowest BCUT2D eigenvalue weighted by Gasteiger charge is -2.37. The average Bonchev–Trinajstić information content (AvgIpc) is 0.814. The van der Waals surface area contributed by atoms with Gasteiger partial charge in [-0.05, 0) is 399 Å². The summed E-state index contributed by atoms with van der Waals surface area (Å²) in [5.74, 6) is 6.31. The van der Waals surface area contributed by atoms with Crippen LogP contribution in [0.4, 0.5) is 74.6 Å². The van der Waals surface area contributed by atoms with Crippen molar-refractivity contribution < 1.29 is 88.8 Å². The van der Waals surface area contributed by atoms with Crippen molar-refractivity contribution in [3.8, 4) is 17.2 Å². The van der Waals surface area contributed by atoms with Gasteiger partial charge in [-0.1, -0.05) is 187 Å². The predicted octanol–water partition coefficient (Wildman–Crippen LogP) is 35.1. The molecular weight excluding hydrogens is 1670 g/mol. The van der Waals surface area contributed by atoms with Gasteiger partial charge in [0.15, 0.2) is 52.3 Å². The third-order valence-corrected chi connectivity index (χ3v) is 33.0. The van der Waals surface area contributed by atoms with Crippen molar-refractivity contribution >= 4 is 0 Å². The molecular formula is C108H149F17O3. The molecule has 0 N–H and O–H groups in total. The van der Waals surface area contributed by atoms with Crippen LogP contribution < -0.4 is 14.2 Å². The number of halogens is 17. The molecule has 10 aliphatic carbocycles. The van der Waals surface area contributed by atoms with Gasteiger partial charge in [-0.3, -0.25) is 0 Å². The fourth-order valence-corrected chi connectivity index (χ4v) is 24.6. The number of aryl methyl sites for hydroxylation is 5. The Morgan fingerprint density at radius 3 is 0.711 bits per heavy atom. The zero-order valence-electron chi connectivity index (χ0n) is 77.1. The first-order valence-electron chi connectivity index (χ1n) is 50.2. The maximum atomic E-state index is 13.8. The Bertz CT molecular complexity index is 3960. The smallest absolute Gasteiger partial charge is 0.406 e. The van der Waals surface area contributed by atoms with Crippen LogP contribution in [0.1, 0.15) is 351 Å². The number of rotatable bonds is 23. The molecule has 718 valence electrons. The summed E-state index contributed by atoms with van der Waals surface area (Å²) in [6, 6.07) is 18.7. The number of hydrogen-bond acceptors (Lipinski definition) is 3. The van der Waals surface area contributed by atoms with Gasteiger partial charge in [0.2, 0.25) is 5.75 Å². The molecule has 128 heavy (non-hydrogen) atoms. The van der Waals surface area contributed by atoms with E-state index in [2.05, 4.69) is 48.8 Å². The fourth-order valence-electron chi connectivity index (χ4n) is 24.6. The number of benzene rings is 5. The Labute approximate surface area is 754 Å². The van der Waals surface area contributed by atoms with E-state index in [1.807, 2.05) is 0 Å². The SMILES string of the molecule is CC1CCC(C2CCC(CCc3cc(F)c(F)c(F)c3)CC2)CC1.CC1CCC(C2CCC(CCc3cc(F)c(OC(F)(F)F)c(F)c3)CC2)CC1.CC1CCC(C2CCC(CCc3ccc(F)c(F)c3)CC2)CC1.CC1CCC(C2CCC(CCc3ccc(OC(F)(F)F)c(F)c3)CC2)CC1.CC1CCC(C2CCC(CCc3ccc(OC(F)(F)F)cc3)CC2)CC1. The molecule has 10 aliphatic rings. The van der Waals surface area contributed by atoms with Crippen LogP contribution in [0.3, 0.4) is 0 Å². The summed E-state index contributed by atoms with van der Waals surface area (Å²) in [6.45, 7) is 11.8. The average molecular weight is 1820 g/mol. The Morgan fingerprint density at radius 1 is 0.219 bits per heavy atom. The monoisotopic (exact) mass is 1820 g/mol. The molecule has 0 amide bonds. The second kappa shape index (κ2) is 50.0. The standard InChI is InChI=1S/C22H29F5O.C22H30F4O.C22H31F3O.C21H29F3.C21H30F2/c1-14-2-8-17(9-3-14)18-10-6-15(7-11-18)4-5-16-12-19(23)21(20(24)13-16)28-22(25,26)27;1-15-2-9-18(10-3-15)19-11-6-16(7-12-19)4-5-17-8-13-21(20(23)14-17)27-22(24,25)26;1-16-2-10-19(11-3-16)20-12-6-17(7-13-20)4-5-18-8-14-21(15-9-18)26-22(23,24)25;1-14-2-8-17(9-3-14)18-10-6-15(7-11-18)4-5-16-12-19(22)21(24)20(23)13-16;1-15-2-9-18(10-3-15)19-11-6-16(7-12-19)4-5-17-8-13-20(22)21(23)14-17/h12-15,17-18H,2-11H2,1H3;8,13-16,18-19H,2-7,9-12H2,1H3;8-9,14-17,19-20H,2-7,10-13H2,1H3;12-15,17-18H,2-11H2,1H3;8,13-16,18-19H,2-7,9-12H2,1H3. The van der Waals surface area contributed by atoms with Crippen molar-refractivity contribution in [1.82, 2.24) is 0 Å². The van der Waals surface area contributed by atoms with Crippen LogP contribution in [0.5, 0.6) is 17.2 Å². The van der Waals surface area contributed by atoms with Crippen LogP contribution in [0.15, 0.2) is 84.9 Å². The van der Waals surface area contributed by atoms with Gasteiger partial charge in [0.25, 0.3) is 0 Å². The molecule has 15 rings (SSSR count). The van der Waals surface area contributed by atoms with E-state index in [-0.39, 0.29) is 5.75 Å². The lowest BCUT2D eigenvalue weighted by Crippen LogP contribution is -2.25. The molecule has 0 bridgehead atoms. The van der Waals surface area contributed by atoms with Crippen molar-refractivity contribution in [1.29, 1.82) is 0 Å². The minimum Gasteiger partial charge on any atom is -0.406 e. The highest BCUT2D eigenvalue weighted by molar-refractivity contribution is 5.33. The molecule has 0 saturated heterocycles. The first-order valence-corrected chi connectivity index (χ1v) is 50.2. The Hall–Kier alpha value is -5.69. The van der Waals surface area contributed by atoms with Crippen molar-refractivity contribution in [2.24, 2.45) is 118 Å². The number of ether oxygens (including phenoxy) is 3.